The van der Waals surface area contributed by atoms with Crippen LogP contribution in [0.15, 0.2) is 33.5 Å². The van der Waals surface area contributed by atoms with Crippen LogP contribution in [0.4, 0.5) is 5.82 Å². The monoisotopic (exact) mass is 410 g/mol. The SMILES string of the molecule is CCc1noc(-c2cnc(C)nc2N2CCC(C(=O)N(C)Cc3ccco3)CC2)n1. The predicted octanol–water partition coefficient (Wildman–Crippen LogP) is 2.87. The van der Waals surface area contributed by atoms with Gasteiger partial charge < -0.3 is 18.7 Å². The molecule has 1 aliphatic heterocycles. The molecule has 4 rings (SSSR count). The minimum absolute atomic E-state index is 0.0114. The van der Waals surface area contributed by atoms with E-state index in [2.05, 4.69) is 25.0 Å². The molecule has 1 aliphatic rings. The Hall–Kier alpha value is -3.23. The van der Waals surface area contributed by atoms with Crippen LogP contribution in [-0.2, 0) is 17.8 Å². The highest BCUT2D eigenvalue weighted by Crippen LogP contribution is 2.31. The molecule has 0 unspecified atom stereocenters. The number of amides is 1. The van der Waals surface area contributed by atoms with Crippen LogP contribution in [-0.4, -0.2) is 51.1 Å². The first kappa shape index (κ1) is 20.1. The van der Waals surface area contributed by atoms with Crippen molar-refractivity contribution in [2.45, 2.75) is 39.7 Å². The maximum Gasteiger partial charge on any atom is 0.263 e. The molecular formula is C21H26N6O3. The van der Waals surface area contributed by atoms with Gasteiger partial charge in [0.25, 0.3) is 5.89 Å². The van der Waals surface area contributed by atoms with E-state index < -0.39 is 0 Å². The zero-order valence-electron chi connectivity index (χ0n) is 17.5. The summed E-state index contributed by atoms with van der Waals surface area (Å²) < 4.78 is 10.8. The minimum atomic E-state index is -0.0114. The van der Waals surface area contributed by atoms with Crippen molar-refractivity contribution in [3.63, 3.8) is 0 Å². The fourth-order valence-corrected chi connectivity index (χ4v) is 3.72. The second-order valence-corrected chi connectivity index (χ2v) is 7.56. The van der Waals surface area contributed by atoms with E-state index in [4.69, 9.17) is 8.94 Å². The van der Waals surface area contributed by atoms with E-state index in [9.17, 15) is 4.79 Å². The zero-order chi connectivity index (χ0) is 21.1. The van der Waals surface area contributed by atoms with Crippen LogP contribution in [0.3, 0.4) is 0 Å². The van der Waals surface area contributed by atoms with Crippen molar-refractivity contribution in [1.82, 2.24) is 25.0 Å². The summed E-state index contributed by atoms with van der Waals surface area (Å²) in [7, 11) is 1.82. The Labute approximate surface area is 175 Å². The van der Waals surface area contributed by atoms with Crippen molar-refractivity contribution in [3.8, 4) is 11.5 Å². The predicted molar refractivity (Wildman–Crippen MR) is 110 cm³/mol. The maximum atomic E-state index is 12.9. The van der Waals surface area contributed by atoms with Gasteiger partial charge in [0.15, 0.2) is 5.82 Å². The van der Waals surface area contributed by atoms with Crippen LogP contribution in [0.5, 0.6) is 0 Å². The Morgan fingerprint density at radius 3 is 2.77 bits per heavy atom. The van der Waals surface area contributed by atoms with Crippen LogP contribution in [0.25, 0.3) is 11.5 Å². The lowest BCUT2D eigenvalue weighted by atomic mass is 9.95. The number of furan rings is 1. The third kappa shape index (κ3) is 4.19. The summed E-state index contributed by atoms with van der Waals surface area (Å²) in [5.41, 5.74) is 0.729. The van der Waals surface area contributed by atoms with Gasteiger partial charge in [-0.3, -0.25) is 4.79 Å². The van der Waals surface area contributed by atoms with E-state index in [1.165, 1.54) is 0 Å². The number of nitrogens with zero attached hydrogens (tertiary/aromatic N) is 6. The first-order valence-corrected chi connectivity index (χ1v) is 10.2. The second-order valence-electron chi connectivity index (χ2n) is 7.56. The molecule has 1 fully saturated rings. The van der Waals surface area contributed by atoms with Crippen LogP contribution in [0.1, 0.15) is 37.2 Å². The number of hydrogen-bond acceptors (Lipinski definition) is 8. The van der Waals surface area contributed by atoms with Gasteiger partial charge in [0.1, 0.15) is 23.0 Å². The second kappa shape index (κ2) is 8.64. The molecule has 4 heterocycles. The number of anilines is 1. The number of carbonyl (C=O) groups is 1. The van der Waals surface area contributed by atoms with Gasteiger partial charge in [-0.05, 0) is 31.9 Å². The molecule has 0 aromatic carbocycles. The number of carbonyl (C=O) groups excluding carboxylic acids is 1. The molecule has 0 N–H and O–H groups in total. The van der Waals surface area contributed by atoms with Crippen molar-refractivity contribution >= 4 is 11.7 Å². The zero-order valence-corrected chi connectivity index (χ0v) is 17.5. The molecule has 30 heavy (non-hydrogen) atoms. The van der Waals surface area contributed by atoms with Gasteiger partial charge in [-0.15, -0.1) is 0 Å². The smallest absolute Gasteiger partial charge is 0.263 e. The minimum Gasteiger partial charge on any atom is -0.467 e. The fourth-order valence-electron chi connectivity index (χ4n) is 3.72. The molecule has 0 atom stereocenters. The van der Waals surface area contributed by atoms with Gasteiger partial charge >= 0.3 is 0 Å². The molecule has 0 aliphatic carbocycles. The van der Waals surface area contributed by atoms with E-state index in [1.807, 2.05) is 33.0 Å². The molecule has 9 nitrogen and oxygen atoms in total. The number of rotatable bonds is 6. The molecule has 0 spiro atoms. The highest BCUT2D eigenvalue weighted by molar-refractivity contribution is 5.79. The molecule has 0 bridgehead atoms. The molecule has 3 aromatic heterocycles. The Bertz CT molecular complexity index is 992. The maximum absolute atomic E-state index is 12.9. The van der Waals surface area contributed by atoms with Crippen molar-refractivity contribution in [3.05, 3.63) is 42.0 Å². The van der Waals surface area contributed by atoms with Gasteiger partial charge in [-0.1, -0.05) is 12.1 Å². The summed E-state index contributed by atoms with van der Waals surface area (Å²) in [6.45, 7) is 5.77. The van der Waals surface area contributed by atoms with Gasteiger partial charge in [-0.25, -0.2) is 9.97 Å². The first-order valence-electron chi connectivity index (χ1n) is 10.2. The fraction of sp³-hybridized carbons (Fsp3) is 0.476. The lowest BCUT2D eigenvalue weighted by Crippen LogP contribution is -2.41. The van der Waals surface area contributed by atoms with Gasteiger partial charge in [0.2, 0.25) is 5.91 Å². The van der Waals surface area contributed by atoms with Crippen LogP contribution in [0.2, 0.25) is 0 Å². The highest BCUT2D eigenvalue weighted by atomic mass is 16.5. The molecule has 9 heteroatoms. The largest absolute Gasteiger partial charge is 0.467 e. The summed E-state index contributed by atoms with van der Waals surface area (Å²) in [5.74, 6) is 3.47. The third-order valence-corrected chi connectivity index (χ3v) is 5.40. The molecule has 1 saturated heterocycles. The van der Waals surface area contributed by atoms with Crippen LogP contribution in [0, 0.1) is 12.8 Å². The molecule has 158 valence electrons. The average Bonchev–Trinajstić information content (AvgIpc) is 3.45. The quantitative estimate of drug-likeness (QED) is 0.611. The first-order chi connectivity index (χ1) is 14.5. The molecule has 0 radical (unpaired) electrons. The summed E-state index contributed by atoms with van der Waals surface area (Å²) in [4.78, 5) is 30.2. The molecule has 0 saturated carbocycles. The Balaban J connectivity index is 1.45. The summed E-state index contributed by atoms with van der Waals surface area (Å²) >= 11 is 0. The van der Waals surface area contributed by atoms with Crippen molar-refractivity contribution < 1.29 is 13.7 Å². The molecule has 3 aromatic rings. The lowest BCUT2D eigenvalue weighted by Gasteiger charge is -2.34. The number of aromatic nitrogens is 4. The summed E-state index contributed by atoms with van der Waals surface area (Å²) in [6.07, 6.45) is 5.57. The summed E-state index contributed by atoms with van der Waals surface area (Å²) in [5, 5.41) is 3.99. The van der Waals surface area contributed by atoms with Crippen molar-refractivity contribution in [1.29, 1.82) is 0 Å². The van der Waals surface area contributed by atoms with Crippen molar-refractivity contribution in [2.75, 3.05) is 25.0 Å². The van der Waals surface area contributed by atoms with Gasteiger partial charge in [-0.2, -0.15) is 4.98 Å². The van der Waals surface area contributed by atoms with Gasteiger partial charge in [0.05, 0.1) is 12.8 Å². The number of piperidine rings is 1. The standard InChI is InChI=1S/C21H26N6O3/c1-4-18-24-20(30-25-18)17-12-22-14(2)23-19(17)27-9-7-15(8-10-27)21(28)26(3)13-16-6-5-11-29-16/h5-6,11-12,15H,4,7-10,13H2,1-3H3. The van der Waals surface area contributed by atoms with Crippen LogP contribution >= 0.6 is 0 Å². The van der Waals surface area contributed by atoms with E-state index in [0.29, 0.717) is 30.5 Å². The van der Waals surface area contributed by atoms with Crippen LogP contribution < -0.4 is 4.90 Å². The highest BCUT2D eigenvalue weighted by Gasteiger charge is 2.30. The summed E-state index contributed by atoms with van der Waals surface area (Å²) in [6, 6.07) is 3.72. The van der Waals surface area contributed by atoms with E-state index >= 15 is 0 Å². The Kier molecular flexibility index (Phi) is 5.78. The van der Waals surface area contributed by atoms with Gasteiger partial charge in [0, 0.05) is 38.7 Å². The molecular weight excluding hydrogens is 384 g/mol. The number of aryl methyl sites for hydroxylation is 2. The molecule has 1 amide bonds. The normalized spacial score (nSPS) is 14.8. The Morgan fingerprint density at radius 1 is 1.30 bits per heavy atom. The van der Waals surface area contributed by atoms with E-state index in [1.54, 1.807) is 17.4 Å². The van der Waals surface area contributed by atoms with E-state index in [0.717, 1.165) is 43.1 Å². The lowest BCUT2D eigenvalue weighted by molar-refractivity contribution is -0.135. The third-order valence-electron chi connectivity index (χ3n) is 5.40. The Morgan fingerprint density at radius 2 is 2.10 bits per heavy atom. The van der Waals surface area contributed by atoms with E-state index in [-0.39, 0.29) is 11.8 Å². The average molecular weight is 410 g/mol. The topological polar surface area (TPSA) is 101 Å². The van der Waals surface area contributed by atoms with Crippen molar-refractivity contribution in [2.24, 2.45) is 5.92 Å². The number of hydrogen-bond donors (Lipinski definition) is 0.